The van der Waals surface area contributed by atoms with Gasteiger partial charge in [0.2, 0.25) is 5.91 Å². The number of benzene rings is 1. The molecule has 0 aromatic heterocycles. The maximum Gasteiger partial charge on any atom is 0.240 e. The number of aliphatic hydroxyl groups excluding tert-OH is 1. The molecule has 1 heterocycles. The first-order valence-electron chi connectivity index (χ1n) is 9.05. The number of ether oxygens (including phenoxy) is 1. The molecule has 24 heavy (non-hydrogen) atoms. The number of likely N-dealkylation sites (tertiary alicyclic amines) is 1. The van der Waals surface area contributed by atoms with Crippen molar-refractivity contribution in [2.75, 3.05) is 32.8 Å². The molecular formula is C19H30N2O3. The van der Waals surface area contributed by atoms with Gasteiger partial charge in [0.25, 0.3) is 0 Å². The second-order valence-electron chi connectivity index (χ2n) is 6.16. The van der Waals surface area contributed by atoms with Gasteiger partial charge >= 0.3 is 0 Å². The lowest BCUT2D eigenvalue weighted by Crippen LogP contribution is -2.51. The van der Waals surface area contributed by atoms with E-state index in [1.54, 1.807) is 4.90 Å². The normalized spacial score (nSPS) is 18.4. The zero-order chi connectivity index (χ0) is 17.4. The van der Waals surface area contributed by atoms with Gasteiger partial charge in [-0.3, -0.25) is 9.69 Å². The molecule has 0 unspecified atom stereocenters. The number of amides is 1. The second-order valence-corrected chi connectivity index (χ2v) is 6.16. The van der Waals surface area contributed by atoms with Crippen LogP contribution >= 0.6 is 0 Å². The van der Waals surface area contributed by atoms with E-state index in [0.717, 1.165) is 43.7 Å². The first-order valence-corrected chi connectivity index (χ1v) is 9.05. The second kappa shape index (κ2) is 9.64. The third kappa shape index (κ3) is 4.71. The van der Waals surface area contributed by atoms with Crippen LogP contribution in [0.5, 0.6) is 5.75 Å². The van der Waals surface area contributed by atoms with E-state index < -0.39 is 0 Å². The first-order chi connectivity index (χ1) is 11.7. The largest absolute Gasteiger partial charge is 0.494 e. The van der Waals surface area contributed by atoms with Gasteiger partial charge in [-0.25, -0.2) is 0 Å². The number of likely N-dealkylation sites (N-methyl/N-ethyl adjacent to an activating group) is 1. The van der Waals surface area contributed by atoms with Crippen molar-refractivity contribution in [3.63, 3.8) is 0 Å². The van der Waals surface area contributed by atoms with Crippen molar-refractivity contribution in [2.45, 2.75) is 45.7 Å². The zero-order valence-electron chi connectivity index (χ0n) is 14.9. The predicted octanol–water partition coefficient (Wildman–Crippen LogP) is 2.28. The van der Waals surface area contributed by atoms with Crippen LogP contribution in [0.2, 0.25) is 0 Å². The smallest absolute Gasteiger partial charge is 0.240 e. The fourth-order valence-corrected chi connectivity index (χ4v) is 3.38. The summed E-state index contributed by atoms with van der Waals surface area (Å²) in [6.45, 7) is 7.32. The Kier molecular flexibility index (Phi) is 7.53. The summed E-state index contributed by atoms with van der Waals surface area (Å²) in [5, 5.41) is 9.42. The molecule has 1 aromatic carbocycles. The first kappa shape index (κ1) is 18.7. The number of hydrogen-bond acceptors (Lipinski definition) is 4. The topological polar surface area (TPSA) is 53.0 Å². The summed E-state index contributed by atoms with van der Waals surface area (Å²) in [6.07, 6.45) is 3.15. The van der Waals surface area contributed by atoms with Gasteiger partial charge in [0.15, 0.2) is 0 Å². The van der Waals surface area contributed by atoms with E-state index in [0.29, 0.717) is 19.7 Å². The predicted molar refractivity (Wildman–Crippen MR) is 95.0 cm³/mol. The van der Waals surface area contributed by atoms with Gasteiger partial charge in [-0.05, 0) is 38.9 Å². The molecule has 1 saturated heterocycles. The molecule has 5 nitrogen and oxygen atoms in total. The number of para-hydroxylation sites is 1. The fraction of sp³-hybridized carbons (Fsp3) is 0.632. The van der Waals surface area contributed by atoms with Crippen LogP contribution in [0.3, 0.4) is 0 Å². The van der Waals surface area contributed by atoms with Crippen LogP contribution in [-0.4, -0.2) is 59.7 Å². The average molecular weight is 334 g/mol. The van der Waals surface area contributed by atoms with Gasteiger partial charge in [0, 0.05) is 18.7 Å². The number of hydrogen-bond donors (Lipinski definition) is 1. The van der Waals surface area contributed by atoms with E-state index >= 15 is 0 Å². The number of aliphatic hydroxyl groups is 1. The zero-order valence-corrected chi connectivity index (χ0v) is 14.9. The van der Waals surface area contributed by atoms with Crippen LogP contribution in [0.25, 0.3) is 0 Å². The Hall–Kier alpha value is -1.59. The molecule has 0 spiro atoms. The highest BCUT2D eigenvalue weighted by molar-refractivity contribution is 5.82. The highest BCUT2D eigenvalue weighted by Gasteiger charge is 2.31. The van der Waals surface area contributed by atoms with Crippen molar-refractivity contribution in [2.24, 2.45) is 0 Å². The SMILES string of the molecule is CCOc1ccccc1CN(CCO)C(=O)[C@@H]1CCCCN1CC. The van der Waals surface area contributed by atoms with E-state index in [9.17, 15) is 9.90 Å². The van der Waals surface area contributed by atoms with E-state index in [4.69, 9.17) is 4.74 Å². The van der Waals surface area contributed by atoms with Crippen LogP contribution in [-0.2, 0) is 11.3 Å². The van der Waals surface area contributed by atoms with E-state index in [1.165, 1.54) is 0 Å². The van der Waals surface area contributed by atoms with Crippen molar-refractivity contribution in [3.8, 4) is 5.75 Å². The van der Waals surface area contributed by atoms with Gasteiger partial charge in [0.05, 0.1) is 19.3 Å². The standard InChI is InChI=1S/C19H30N2O3/c1-3-20-12-8-7-10-17(20)19(23)21(13-14-22)15-16-9-5-6-11-18(16)24-4-2/h5-6,9,11,17,22H,3-4,7-8,10,12-15H2,1-2H3/t17-/m0/s1. The van der Waals surface area contributed by atoms with Crippen LogP contribution in [0.1, 0.15) is 38.7 Å². The van der Waals surface area contributed by atoms with Gasteiger partial charge < -0.3 is 14.7 Å². The molecular weight excluding hydrogens is 304 g/mol. The Morgan fingerprint density at radius 2 is 2.12 bits per heavy atom. The lowest BCUT2D eigenvalue weighted by molar-refractivity contribution is -0.139. The Labute approximate surface area is 145 Å². The molecule has 0 aliphatic carbocycles. The number of carbonyl (C=O) groups excluding carboxylic acids is 1. The van der Waals surface area contributed by atoms with Gasteiger partial charge in [-0.15, -0.1) is 0 Å². The Morgan fingerprint density at radius 3 is 2.83 bits per heavy atom. The van der Waals surface area contributed by atoms with Crippen molar-refractivity contribution < 1.29 is 14.6 Å². The van der Waals surface area contributed by atoms with Crippen LogP contribution < -0.4 is 4.74 Å². The Balaban J connectivity index is 2.15. The number of carbonyl (C=O) groups is 1. The summed E-state index contributed by atoms with van der Waals surface area (Å²) in [7, 11) is 0. The van der Waals surface area contributed by atoms with Crippen molar-refractivity contribution in [1.29, 1.82) is 0 Å². The molecule has 0 bridgehead atoms. The van der Waals surface area contributed by atoms with Crippen LogP contribution in [0.15, 0.2) is 24.3 Å². The quantitative estimate of drug-likeness (QED) is 0.792. The highest BCUT2D eigenvalue weighted by atomic mass is 16.5. The van der Waals surface area contributed by atoms with Gasteiger partial charge in [-0.1, -0.05) is 31.5 Å². The molecule has 1 aromatic rings. The van der Waals surface area contributed by atoms with Gasteiger partial charge in [-0.2, -0.15) is 0 Å². The van der Waals surface area contributed by atoms with Crippen LogP contribution in [0.4, 0.5) is 0 Å². The molecule has 1 fully saturated rings. The third-order valence-corrected chi connectivity index (χ3v) is 4.62. The summed E-state index contributed by atoms with van der Waals surface area (Å²) in [5.74, 6) is 0.934. The summed E-state index contributed by atoms with van der Waals surface area (Å²) >= 11 is 0. The molecule has 134 valence electrons. The average Bonchev–Trinajstić information content (AvgIpc) is 2.62. The molecule has 0 radical (unpaired) electrons. The molecule has 5 heteroatoms. The molecule has 1 amide bonds. The molecule has 2 rings (SSSR count). The fourth-order valence-electron chi connectivity index (χ4n) is 3.38. The summed E-state index contributed by atoms with van der Waals surface area (Å²) in [6, 6.07) is 7.75. The summed E-state index contributed by atoms with van der Waals surface area (Å²) < 4.78 is 5.67. The highest BCUT2D eigenvalue weighted by Crippen LogP contribution is 2.23. The lowest BCUT2D eigenvalue weighted by atomic mass is 10.0. The van der Waals surface area contributed by atoms with Crippen molar-refractivity contribution in [3.05, 3.63) is 29.8 Å². The molecule has 1 atom stereocenters. The maximum atomic E-state index is 13.1. The molecule has 1 N–H and O–H groups in total. The minimum absolute atomic E-state index is 0.0264. The molecule has 1 aliphatic heterocycles. The Morgan fingerprint density at radius 1 is 1.33 bits per heavy atom. The maximum absolute atomic E-state index is 13.1. The monoisotopic (exact) mass is 334 g/mol. The van der Waals surface area contributed by atoms with Crippen LogP contribution in [0, 0.1) is 0 Å². The summed E-state index contributed by atoms with van der Waals surface area (Å²) in [4.78, 5) is 17.1. The minimum atomic E-state index is -0.0606. The lowest BCUT2D eigenvalue weighted by Gasteiger charge is -2.37. The minimum Gasteiger partial charge on any atom is -0.494 e. The third-order valence-electron chi connectivity index (χ3n) is 4.62. The molecule has 1 aliphatic rings. The van der Waals surface area contributed by atoms with Crippen molar-refractivity contribution in [1.82, 2.24) is 9.80 Å². The Bertz CT molecular complexity index is 521. The number of nitrogens with zero attached hydrogens (tertiary/aromatic N) is 2. The number of rotatable bonds is 8. The van der Waals surface area contributed by atoms with E-state index in [-0.39, 0.29) is 18.6 Å². The van der Waals surface area contributed by atoms with Gasteiger partial charge in [0.1, 0.15) is 5.75 Å². The van der Waals surface area contributed by atoms with Crippen molar-refractivity contribution >= 4 is 5.91 Å². The molecule has 0 saturated carbocycles. The number of piperidine rings is 1. The summed E-state index contributed by atoms with van der Waals surface area (Å²) in [5.41, 5.74) is 0.986. The van der Waals surface area contributed by atoms with E-state index in [2.05, 4.69) is 11.8 Å². The van der Waals surface area contributed by atoms with E-state index in [1.807, 2.05) is 31.2 Å².